The van der Waals surface area contributed by atoms with Crippen LogP contribution in [-0.4, -0.2) is 27.5 Å². The Labute approximate surface area is 140 Å². The summed E-state index contributed by atoms with van der Waals surface area (Å²) < 4.78 is 1.93. The zero-order chi connectivity index (χ0) is 16.1. The molecule has 2 N–H and O–H groups in total. The molecule has 0 saturated heterocycles. The van der Waals surface area contributed by atoms with Gasteiger partial charge in [-0.15, -0.1) is 11.3 Å². The second-order valence-electron chi connectivity index (χ2n) is 5.55. The lowest BCUT2D eigenvalue weighted by Gasteiger charge is -2.11. The van der Waals surface area contributed by atoms with Crippen molar-refractivity contribution in [3.05, 3.63) is 59.6 Å². The van der Waals surface area contributed by atoms with Gasteiger partial charge < -0.3 is 10.4 Å². The van der Waals surface area contributed by atoms with Gasteiger partial charge in [-0.2, -0.15) is 5.10 Å². The van der Waals surface area contributed by atoms with E-state index in [2.05, 4.69) is 42.0 Å². The predicted molar refractivity (Wildman–Crippen MR) is 94.9 cm³/mol. The monoisotopic (exact) mass is 327 g/mol. The zero-order valence-electron chi connectivity index (χ0n) is 13.1. The maximum absolute atomic E-state index is 9.04. The fourth-order valence-electron chi connectivity index (χ4n) is 2.45. The van der Waals surface area contributed by atoms with Gasteiger partial charge in [0.25, 0.3) is 0 Å². The van der Waals surface area contributed by atoms with Crippen LogP contribution in [0.4, 0.5) is 0 Å². The van der Waals surface area contributed by atoms with Crippen molar-refractivity contribution in [3.8, 4) is 16.3 Å². The van der Waals surface area contributed by atoms with Gasteiger partial charge in [0.05, 0.1) is 10.6 Å². The van der Waals surface area contributed by atoms with Crippen molar-refractivity contribution in [2.24, 2.45) is 0 Å². The summed E-state index contributed by atoms with van der Waals surface area (Å²) in [6, 6.07) is 14.6. The molecule has 2 heterocycles. The first-order valence-electron chi connectivity index (χ1n) is 7.80. The van der Waals surface area contributed by atoms with Crippen molar-refractivity contribution in [3.63, 3.8) is 0 Å². The Hall–Kier alpha value is -1.95. The molecule has 0 saturated carbocycles. The van der Waals surface area contributed by atoms with E-state index in [0.29, 0.717) is 0 Å². The van der Waals surface area contributed by atoms with Gasteiger partial charge in [0, 0.05) is 31.0 Å². The molecule has 120 valence electrons. The van der Waals surface area contributed by atoms with Crippen LogP contribution in [0.3, 0.4) is 0 Å². The van der Waals surface area contributed by atoms with E-state index in [9.17, 15) is 0 Å². The van der Waals surface area contributed by atoms with Gasteiger partial charge in [-0.1, -0.05) is 24.3 Å². The van der Waals surface area contributed by atoms with Gasteiger partial charge >= 0.3 is 0 Å². The number of aliphatic hydroxyl groups excluding tert-OH is 1. The lowest BCUT2D eigenvalue weighted by atomic mass is 10.2. The van der Waals surface area contributed by atoms with E-state index >= 15 is 0 Å². The Bertz CT molecular complexity index is 722. The molecule has 0 bridgehead atoms. The Morgan fingerprint density at radius 3 is 2.74 bits per heavy atom. The number of rotatable bonds is 7. The highest BCUT2D eigenvalue weighted by atomic mass is 32.1. The fourth-order valence-corrected chi connectivity index (χ4v) is 3.20. The molecule has 0 fully saturated rings. The Balaban J connectivity index is 1.88. The predicted octanol–water partition coefficient (Wildman–Crippen LogP) is 3.46. The molecule has 0 spiro atoms. The SMILES string of the molecule is CC(CCO)NCc1cn(-c2ccccc2)nc1-c1cccs1. The van der Waals surface area contributed by atoms with Crippen LogP contribution < -0.4 is 5.32 Å². The highest BCUT2D eigenvalue weighted by Gasteiger charge is 2.13. The molecule has 2 aromatic heterocycles. The zero-order valence-corrected chi connectivity index (χ0v) is 14.0. The lowest BCUT2D eigenvalue weighted by molar-refractivity contribution is 0.268. The molecule has 3 rings (SSSR count). The minimum atomic E-state index is 0.204. The summed E-state index contributed by atoms with van der Waals surface area (Å²) in [4.78, 5) is 1.17. The molecule has 0 aliphatic heterocycles. The van der Waals surface area contributed by atoms with Crippen LogP contribution in [0, 0.1) is 0 Å². The summed E-state index contributed by atoms with van der Waals surface area (Å²) >= 11 is 1.70. The number of thiophene rings is 1. The Morgan fingerprint density at radius 2 is 2.04 bits per heavy atom. The molecule has 0 radical (unpaired) electrons. The number of aromatic nitrogens is 2. The summed E-state index contributed by atoms with van der Waals surface area (Å²) in [6.45, 7) is 3.03. The maximum Gasteiger partial charge on any atom is 0.107 e. The summed E-state index contributed by atoms with van der Waals surface area (Å²) in [7, 11) is 0. The molecule has 1 aromatic carbocycles. The number of hydrogen-bond acceptors (Lipinski definition) is 4. The van der Waals surface area contributed by atoms with Crippen LogP contribution in [0.5, 0.6) is 0 Å². The Kier molecular flexibility index (Phi) is 5.23. The molecule has 0 amide bonds. The molecule has 5 heteroatoms. The quantitative estimate of drug-likeness (QED) is 0.699. The molecule has 0 aliphatic rings. The third-order valence-corrected chi connectivity index (χ3v) is 4.64. The number of hydrogen-bond donors (Lipinski definition) is 2. The molecule has 1 unspecified atom stereocenters. The van der Waals surface area contributed by atoms with Crippen molar-refractivity contribution in [1.82, 2.24) is 15.1 Å². The van der Waals surface area contributed by atoms with E-state index in [1.165, 1.54) is 10.4 Å². The van der Waals surface area contributed by atoms with Crippen LogP contribution >= 0.6 is 11.3 Å². The number of nitrogens with zero attached hydrogens (tertiary/aromatic N) is 2. The second-order valence-corrected chi connectivity index (χ2v) is 6.50. The Morgan fingerprint density at radius 1 is 1.22 bits per heavy atom. The number of benzene rings is 1. The molecule has 1 atom stereocenters. The number of nitrogens with one attached hydrogen (secondary N) is 1. The van der Waals surface area contributed by atoms with Gasteiger partial charge in [-0.05, 0) is 36.9 Å². The lowest BCUT2D eigenvalue weighted by Crippen LogP contribution is -2.26. The van der Waals surface area contributed by atoms with E-state index in [-0.39, 0.29) is 12.6 Å². The summed E-state index contributed by atoms with van der Waals surface area (Å²) in [5.74, 6) is 0. The van der Waals surface area contributed by atoms with Crippen molar-refractivity contribution in [2.75, 3.05) is 6.61 Å². The third kappa shape index (κ3) is 3.88. The average molecular weight is 327 g/mol. The van der Waals surface area contributed by atoms with Gasteiger partial charge in [-0.25, -0.2) is 4.68 Å². The van der Waals surface area contributed by atoms with Crippen molar-refractivity contribution in [2.45, 2.75) is 25.9 Å². The van der Waals surface area contributed by atoms with Gasteiger partial charge in [0.1, 0.15) is 5.69 Å². The smallest absolute Gasteiger partial charge is 0.107 e. The normalized spacial score (nSPS) is 12.4. The van der Waals surface area contributed by atoms with E-state index in [4.69, 9.17) is 10.2 Å². The first kappa shape index (κ1) is 15.9. The van der Waals surface area contributed by atoms with Gasteiger partial charge in [0.15, 0.2) is 0 Å². The summed E-state index contributed by atoms with van der Waals surface area (Å²) in [6.07, 6.45) is 2.84. The van der Waals surface area contributed by atoms with Crippen LogP contribution in [0.25, 0.3) is 16.3 Å². The van der Waals surface area contributed by atoms with Crippen LogP contribution in [0.15, 0.2) is 54.0 Å². The van der Waals surface area contributed by atoms with Crippen molar-refractivity contribution in [1.29, 1.82) is 0 Å². The van der Waals surface area contributed by atoms with Gasteiger partial charge in [0.2, 0.25) is 0 Å². The van der Waals surface area contributed by atoms with E-state index in [0.717, 1.165) is 24.3 Å². The molecular weight excluding hydrogens is 306 g/mol. The average Bonchev–Trinajstić information content (AvgIpc) is 3.23. The fraction of sp³-hybridized carbons (Fsp3) is 0.278. The van der Waals surface area contributed by atoms with E-state index in [1.54, 1.807) is 11.3 Å². The summed E-state index contributed by atoms with van der Waals surface area (Å²) in [5.41, 5.74) is 3.24. The van der Waals surface area contributed by atoms with Crippen molar-refractivity contribution < 1.29 is 5.11 Å². The highest BCUT2D eigenvalue weighted by Crippen LogP contribution is 2.27. The second kappa shape index (κ2) is 7.55. The van der Waals surface area contributed by atoms with Crippen LogP contribution in [-0.2, 0) is 6.54 Å². The maximum atomic E-state index is 9.04. The first-order valence-corrected chi connectivity index (χ1v) is 8.68. The first-order chi connectivity index (χ1) is 11.3. The van der Waals surface area contributed by atoms with E-state index in [1.807, 2.05) is 28.9 Å². The largest absolute Gasteiger partial charge is 0.396 e. The number of aliphatic hydroxyl groups is 1. The minimum Gasteiger partial charge on any atom is -0.396 e. The summed E-state index contributed by atoms with van der Waals surface area (Å²) in [5, 5.41) is 19.4. The van der Waals surface area contributed by atoms with Crippen molar-refractivity contribution >= 4 is 11.3 Å². The van der Waals surface area contributed by atoms with Crippen LogP contribution in [0.1, 0.15) is 18.9 Å². The molecular formula is C18H21N3OS. The van der Waals surface area contributed by atoms with Crippen LogP contribution in [0.2, 0.25) is 0 Å². The molecule has 4 nitrogen and oxygen atoms in total. The highest BCUT2D eigenvalue weighted by molar-refractivity contribution is 7.13. The molecule has 23 heavy (non-hydrogen) atoms. The molecule has 3 aromatic rings. The topological polar surface area (TPSA) is 50.1 Å². The standard InChI is InChI=1S/C18H21N3OS/c1-14(9-10-22)19-12-15-13-21(16-6-3-2-4-7-16)20-18(15)17-8-5-11-23-17/h2-8,11,13-14,19,22H,9-10,12H2,1H3. The minimum absolute atomic E-state index is 0.204. The van der Waals surface area contributed by atoms with Gasteiger partial charge in [-0.3, -0.25) is 0 Å². The van der Waals surface area contributed by atoms with E-state index < -0.39 is 0 Å². The third-order valence-electron chi connectivity index (χ3n) is 3.77. The number of para-hydroxylation sites is 1. The molecule has 0 aliphatic carbocycles.